The van der Waals surface area contributed by atoms with Gasteiger partial charge in [0.1, 0.15) is 5.82 Å². The quantitative estimate of drug-likeness (QED) is 0.530. The van der Waals surface area contributed by atoms with E-state index in [0.717, 1.165) is 5.56 Å². The Morgan fingerprint density at radius 1 is 1.08 bits per heavy atom. The van der Waals surface area contributed by atoms with Crippen molar-refractivity contribution in [2.24, 2.45) is 16.5 Å². The number of carbonyl (C=O) groups is 1. The highest BCUT2D eigenvalue weighted by atomic mass is 35.5. The largest absolute Gasteiger partial charge is 0.370 e. The summed E-state index contributed by atoms with van der Waals surface area (Å²) in [5.74, 6) is -1.46. The lowest BCUT2D eigenvalue weighted by Gasteiger charge is -2.11. The summed E-state index contributed by atoms with van der Waals surface area (Å²) in [4.78, 5) is 28.8. The van der Waals surface area contributed by atoms with Crippen molar-refractivity contribution in [1.82, 2.24) is 4.57 Å². The first-order valence-corrected chi connectivity index (χ1v) is 7.43. The number of guanidine groups is 1. The Morgan fingerprint density at radius 2 is 1.73 bits per heavy atom. The molecule has 0 saturated carbocycles. The number of hydrogen-bond donors (Lipinski definition) is 2. The second-order valence-corrected chi connectivity index (χ2v) is 5.59. The average Bonchev–Trinajstić information content (AvgIpc) is 2.55. The molecule has 8 heteroatoms. The van der Waals surface area contributed by atoms with Crippen LogP contribution in [0.4, 0.5) is 4.39 Å². The summed E-state index contributed by atoms with van der Waals surface area (Å²) in [6.07, 6.45) is 1.37. The van der Waals surface area contributed by atoms with Crippen molar-refractivity contribution in [3.05, 3.63) is 76.0 Å². The summed E-state index contributed by atoms with van der Waals surface area (Å²) < 4.78 is 14.4. The van der Waals surface area contributed by atoms with Gasteiger partial charge in [0.05, 0.1) is 5.56 Å². The first-order chi connectivity index (χ1) is 11.9. The second-order valence-electron chi connectivity index (χ2n) is 5.59. The molecule has 134 valence electrons. The minimum atomic E-state index is -0.661. The van der Waals surface area contributed by atoms with Crippen LogP contribution in [-0.2, 0) is 0 Å². The minimum absolute atomic E-state index is 0. The minimum Gasteiger partial charge on any atom is -0.370 e. The molecular formula is C18H16ClFN4O2. The number of rotatable bonds is 2. The van der Waals surface area contributed by atoms with Crippen LogP contribution < -0.4 is 17.0 Å². The Balaban J connectivity index is 0.00000243. The van der Waals surface area contributed by atoms with Gasteiger partial charge in [0.15, 0.2) is 5.96 Å². The smallest absolute Gasteiger partial charge is 0.282 e. The van der Waals surface area contributed by atoms with Crippen molar-refractivity contribution in [1.29, 1.82) is 0 Å². The summed E-state index contributed by atoms with van der Waals surface area (Å²) >= 11 is 0. The number of fused-ring (bicyclic) bond motifs is 1. The fourth-order valence-corrected chi connectivity index (χ4v) is 2.60. The van der Waals surface area contributed by atoms with E-state index >= 15 is 0 Å². The van der Waals surface area contributed by atoms with E-state index in [1.54, 1.807) is 18.2 Å². The summed E-state index contributed by atoms with van der Waals surface area (Å²) in [5, 5.41) is 0.796. The Hall–Kier alpha value is -3.19. The molecule has 2 aromatic carbocycles. The zero-order valence-electron chi connectivity index (χ0n) is 13.8. The van der Waals surface area contributed by atoms with Gasteiger partial charge in [0.2, 0.25) is 0 Å². The monoisotopic (exact) mass is 374 g/mol. The first kappa shape index (κ1) is 19.1. The van der Waals surface area contributed by atoms with Gasteiger partial charge in [-0.25, -0.2) is 4.39 Å². The van der Waals surface area contributed by atoms with Gasteiger partial charge in [-0.2, -0.15) is 4.99 Å². The van der Waals surface area contributed by atoms with Crippen LogP contribution in [-0.4, -0.2) is 16.4 Å². The number of hydrogen-bond acceptors (Lipinski definition) is 2. The van der Waals surface area contributed by atoms with Crippen LogP contribution >= 0.6 is 12.4 Å². The van der Waals surface area contributed by atoms with E-state index in [1.165, 1.54) is 35.0 Å². The van der Waals surface area contributed by atoms with E-state index < -0.39 is 11.7 Å². The van der Waals surface area contributed by atoms with Crippen LogP contribution in [0.2, 0.25) is 0 Å². The summed E-state index contributed by atoms with van der Waals surface area (Å²) in [5.41, 5.74) is 11.7. The number of aromatic nitrogens is 1. The molecule has 0 radical (unpaired) electrons. The number of pyridine rings is 1. The molecule has 26 heavy (non-hydrogen) atoms. The maximum Gasteiger partial charge on any atom is 0.282 e. The van der Waals surface area contributed by atoms with Gasteiger partial charge in [-0.3, -0.25) is 14.2 Å². The topological polar surface area (TPSA) is 103 Å². The molecule has 3 rings (SSSR count). The number of aliphatic imine (C=N–C) groups is 1. The van der Waals surface area contributed by atoms with Gasteiger partial charge in [0.25, 0.3) is 11.5 Å². The molecule has 0 fully saturated rings. The molecule has 0 bridgehead atoms. The molecule has 1 heterocycles. The van der Waals surface area contributed by atoms with Gasteiger partial charge in [-0.05, 0) is 37.3 Å². The van der Waals surface area contributed by atoms with Crippen molar-refractivity contribution in [2.45, 2.75) is 6.92 Å². The summed E-state index contributed by atoms with van der Waals surface area (Å²) in [6.45, 7) is 1.85. The summed E-state index contributed by atoms with van der Waals surface area (Å²) in [6, 6.07) is 10.5. The van der Waals surface area contributed by atoms with E-state index in [0.29, 0.717) is 16.5 Å². The fourth-order valence-electron chi connectivity index (χ4n) is 2.60. The van der Waals surface area contributed by atoms with Gasteiger partial charge in [-0.1, -0.05) is 17.7 Å². The van der Waals surface area contributed by atoms with Crippen molar-refractivity contribution in [3.63, 3.8) is 0 Å². The Labute approximate surface area is 154 Å². The lowest BCUT2D eigenvalue weighted by molar-refractivity contribution is 0.100. The van der Waals surface area contributed by atoms with E-state index in [2.05, 4.69) is 4.99 Å². The maximum atomic E-state index is 13.2. The number of benzene rings is 2. The third-order valence-corrected chi connectivity index (χ3v) is 3.74. The van der Waals surface area contributed by atoms with Gasteiger partial charge in [-0.15, -0.1) is 12.4 Å². The molecule has 3 aromatic rings. The lowest BCUT2D eigenvalue weighted by atomic mass is 10.0. The SMILES string of the molecule is Cc1ccc2c(=O)n(-c3ccc(F)cc3)cc(C(=O)N=C(N)N)c2c1.Cl. The Bertz CT molecular complexity index is 1070. The van der Waals surface area contributed by atoms with E-state index in [1.807, 2.05) is 6.92 Å². The van der Waals surface area contributed by atoms with E-state index in [-0.39, 0.29) is 29.5 Å². The highest BCUT2D eigenvalue weighted by Gasteiger charge is 2.16. The number of amides is 1. The molecule has 1 amide bonds. The molecule has 0 spiro atoms. The third kappa shape index (κ3) is 3.57. The predicted octanol–water partition coefficient (Wildman–Crippen LogP) is 2.27. The number of carbonyl (C=O) groups excluding carboxylic acids is 1. The Morgan fingerprint density at radius 3 is 2.35 bits per heavy atom. The average molecular weight is 375 g/mol. The van der Waals surface area contributed by atoms with Gasteiger partial charge in [0, 0.05) is 22.7 Å². The van der Waals surface area contributed by atoms with Crippen LogP contribution in [0.3, 0.4) is 0 Å². The van der Waals surface area contributed by atoms with Crippen molar-refractivity contribution >= 4 is 35.0 Å². The first-order valence-electron chi connectivity index (χ1n) is 7.43. The number of halogens is 2. The number of aryl methyl sites for hydroxylation is 1. The van der Waals surface area contributed by atoms with Crippen LogP contribution in [0, 0.1) is 12.7 Å². The molecule has 4 N–H and O–H groups in total. The van der Waals surface area contributed by atoms with Crippen molar-refractivity contribution in [2.75, 3.05) is 0 Å². The predicted molar refractivity (Wildman–Crippen MR) is 102 cm³/mol. The molecule has 1 aromatic heterocycles. The standard InChI is InChI=1S/C18H15FN4O2.ClH/c1-10-2-7-13-14(8-10)15(16(24)22-18(20)21)9-23(17(13)25)12-5-3-11(19)4-6-12;/h2-9H,1H3,(H4,20,21,22,24);1H. The lowest BCUT2D eigenvalue weighted by Crippen LogP contribution is -2.25. The zero-order chi connectivity index (χ0) is 18.1. The van der Waals surface area contributed by atoms with Gasteiger partial charge >= 0.3 is 0 Å². The van der Waals surface area contributed by atoms with Crippen LogP contribution in [0.1, 0.15) is 15.9 Å². The molecule has 0 saturated heterocycles. The van der Waals surface area contributed by atoms with E-state index in [9.17, 15) is 14.0 Å². The van der Waals surface area contributed by atoms with E-state index in [4.69, 9.17) is 11.5 Å². The van der Waals surface area contributed by atoms with Crippen LogP contribution in [0.15, 0.2) is 58.4 Å². The molecule has 0 aliphatic heterocycles. The van der Waals surface area contributed by atoms with Crippen LogP contribution in [0.25, 0.3) is 16.5 Å². The maximum absolute atomic E-state index is 13.2. The highest BCUT2D eigenvalue weighted by molar-refractivity contribution is 6.10. The molecular weight excluding hydrogens is 359 g/mol. The molecule has 0 unspecified atom stereocenters. The van der Waals surface area contributed by atoms with Crippen LogP contribution in [0.5, 0.6) is 0 Å². The van der Waals surface area contributed by atoms with Crippen molar-refractivity contribution in [3.8, 4) is 5.69 Å². The van der Waals surface area contributed by atoms with Crippen molar-refractivity contribution < 1.29 is 9.18 Å². The number of nitrogens with zero attached hydrogens (tertiary/aromatic N) is 2. The molecule has 0 aliphatic rings. The molecule has 6 nitrogen and oxygen atoms in total. The van der Waals surface area contributed by atoms with Gasteiger partial charge < -0.3 is 11.5 Å². The molecule has 0 atom stereocenters. The number of nitrogens with two attached hydrogens (primary N) is 2. The third-order valence-electron chi connectivity index (χ3n) is 3.74. The fraction of sp³-hybridized carbons (Fsp3) is 0.0556. The summed E-state index contributed by atoms with van der Waals surface area (Å²) in [7, 11) is 0. The molecule has 0 aliphatic carbocycles. The zero-order valence-corrected chi connectivity index (χ0v) is 14.6. The Kier molecular flexibility index (Phi) is 5.42. The second kappa shape index (κ2) is 7.37. The normalized spacial score (nSPS) is 10.2. The highest BCUT2D eigenvalue weighted by Crippen LogP contribution is 2.20.